The van der Waals surface area contributed by atoms with E-state index in [1.807, 2.05) is 47.4 Å². The summed E-state index contributed by atoms with van der Waals surface area (Å²) in [7, 11) is 0. The fourth-order valence-electron chi connectivity index (χ4n) is 4.63. The van der Waals surface area contributed by atoms with Crippen LogP contribution in [-0.4, -0.2) is 44.2 Å². The highest BCUT2D eigenvalue weighted by molar-refractivity contribution is 5.78. The molecule has 1 aliphatic rings. The van der Waals surface area contributed by atoms with Crippen LogP contribution in [0.15, 0.2) is 67.1 Å². The van der Waals surface area contributed by atoms with E-state index in [4.69, 9.17) is 4.98 Å². The minimum atomic E-state index is -0.889. The minimum absolute atomic E-state index is 0.810. The molecule has 0 aliphatic carbocycles. The number of fused-ring (bicyclic) bond motifs is 1. The van der Waals surface area contributed by atoms with Crippen molar-refractivity contribution in [3.8, 4) is 22.3 Å². The Morgan fingerprint density at radius 3 is 2.45 bits per heavy atom. The zero-order valence-corrected chi connectivity index (χ0v) is 19.5. The SMILES string of the molecule is CC(C)(O)c1cccc(-c2cnn3cc(-c4ccc(CCN5CCCCC5)cc4)cnc23)c1. The van der Waals surface area contributed by atoms with E-state index in [-0.39, 0.29) is 0 Å². The fourth-order valence-corrected chi connectivity index (χ4v) is 4.63. The van der Waals surface area contributed by atoms with Crippen LogP contribution in [0.3, 0.4) is 0 Å². The van der Waals surface area contributed by atoms with Crippen LogP contribution >= 0.6 is 0 Å². The monoisotopic (exact) mass is 440 g/mol. The molecule has 5 heteroatoms. The molecule has 2 aromatic carbocycles. The molecule has 5 nitrogen and oxygen atoms in total. The summed E-state index contributed by atoms with van der Waals surface area (Å²) < 4.78 is 1.84. The third-order valence-electron chi connectivity index (χ3n) is 6.69. The summed E-state index contributed by atoms with van der Waals surface area (Å²) in [6.07, 6.45) is 11.0. The first-order valence-electron chi connectivity index (χ1n) is 12.0. The van der Waals surface area contributed by atoms with Gasteiger partial charge in [-0.25, -0.2) is 9.50 Å². The van der Waals surface area contributed by atoms with E-state index in [0.29, 0.717) is 0 Å². The van der Waals surface area contributed by atoms with E-state index in [1.54, 1.807) is 13.8 Å². The second-order valence-corrected chi connectivity index (χ2v) is 9.66. The molecule has 4 aromatic rings. The van der Waals surface area contributed by atoms with Crippen LogP contribution in [-0.2, 0) is 12.0 Å². The smallest absolute Gasteiger partial charge is 0.162 e. The summed E-state index contributed by atoms with van der Waals surface area (Å²) in [6, 6.07) is 16.8. The lowest BCUT2D eigenvalue weighted by Crippen LogP contribution is -2.31. The summed E-state index contributed by atoms with van der Waals surface area (Å²) in [4.78, 5) is 7.32. The van der Waals surface area contributed by atoms with Crippen molar-refractivity contribution in [2.45, 2.75) is 45.1 Å². The van der Waals surface area contributed by atoms with Gasteiger partial charge in [0.2, 0.25) is 0 Å². The van der Waals surface area contributed by atoms with Gasteiger partial charge in [-0.2, -0.15) is 5.10 Å². The van der Waals surface area contributed by atoms with Crippen LogP contribution in [0.5, 0.6) is 0 Å². The lowest BCUT2D eigenvalue weighted by Gasteiger charge is -2.26. The lowest BCUT2D eigenvalue weighted by atomic mass is 9.95. The molecule has 170 valence electrons. The topological polar surface area (TPSA) is 53.7 Å². The number of likely N-dealkylation sites (tertiary alicyclic amines) is 1. The van der Waals surface area contributed by atoms with Crippen LogP contribution in [0.25, 0.3) is 27.9 Å². The molecule has 0 radical (unpaired) electrons. The van der Waals surface area contributed by atoms with E-state index >= 15 is 0 Å². The van der Waals surface area contributed by atoms with Crippen molar-refractivity contribution < 1.29 is 5.11 Å². The first-order valence-corrected chi connectivity index (χ1v) is 12.0. The average molecular weight is 441 g/mol. The number of benzene rings is 2. The zero-order valence-electron chi connectivity index (χ0n) is 19.5. The summed E-state index contributed by atoms with van der Waals surface area (Å²) in [5.74, 6) is 0. The molecular formula is C28H32N4O. The van der Waals surface area contributed by atoms with E-state index in [1.165, 1.54) is 37.9 Å². The molecule has 0 spiro atoms. The molecule has 33 heavy (non-hydrogen) atoms. The van der Waals surface area contributed by atoms with E-state index in [2.05, 4.69) is 34.3 Å². The largest absolute Gasteiger partial charge is 0.386 e. The van der Waals surface area contributed by atoms with Gasteiger partial charge >= 0.3 is 0 Å². The first kappa shape index (κ1) is 21.8. The van der Waals surface area contributed by atoms with Gasteiger partial charge in [0, 0.05) is 30.1 Å². The second-order valence-electron chi connectivity index (χ2n) is 9.66. The molecule has 0 unspecified atom stereocenters. The standard InChI is InChI=1S/C28H32N4O/c1-28(2,33)25-8-6-7-23(17-25)26-19-30-32-20-24(18-29-27(26)32)22-11-9-21(10-12-22)13-16-31-14-4-3-5-15-31/h6-12,17-20,33H,3-5,13-16H2,1-2H3. The molecule has 3 heterocycles. The highest BCUT2D eigenvalue weighted by Crippen LogP contribution is 2.29. The number of aromatic nitrogens is 3. The number of nitrogens with zero attached hydrogens (tertiary/aromatic N) is 4. The molecule has 0 saturated carbocycles. The van der Waals surface area contributed by atoms with Crippen molar-refractivity contribution in [3.63, 3.8) is 0 Å². The average Bonchev–Trinajstić information content (AvgIpc) is 3.27. The number of rotatable bonds is 6. The molecule has 5 rings (SSSR count). The quantitative estimate of drug-likeness (QED) is 0.441. The Hall–Kier alpha value is -3.02. The maximum Gasteiger partial charge on any atom is 0.162 e. The van der Waals surface area contributed by atoms with E-state index < -0.39 is 5.60 Å². The lowest BCUT2D eigenvalue weighted by molar-refractivity contribution is 0.0786. The normalized spacial score (nSPS) is 15.2. The van der Waals surface area contributed by atoms with Crippen LogP contribution < -0.4 is 0 Å². The number of aliphatic hydroxyl groups is 1. The zero-order chi connectivity index (χ0) is 22.8. The number of piperidine rings is 1. The molecule has 1 fully saturated rings. The fraction of sp³-hybridized carbons (Fsp3) is 0.357. The molecular weight excluding hydrogens is 408 g/mol. The van der Waals surface area contributed by atoms with E-state index in [0.717, 1.165) is 46.4 Å². The van der Waals surface area contributed by atoms with Crippen LogP contribution in [0.2, 0.25) is 0 Å². The van der Waals surface area contributed by atoms with Crippen molar-refractivity contribution in [1.82, 2.24) is 19.5 Å². The van der Waals surface area contributed by atoms with Gasteiger partial charge in [0.25, 0.3) is 0 Å². The van der Waals surface area contributed by atoms with Crippen LogP contribution in [0.4, 0.5) is 0 Å². The molecule has 0 amide bonds. The van der Waals surface area contributed by atoms with Crippen molar-refractivity contribution in [2.75, 3.05) is 19.6 Å². The molecule has 0 atom stereocenters. The van der Waals surface area contributed by atoms with Crippen LogP contribution in [0, 0.1) is 0 Å². The van der Waals surface area contributed by atoms with Crippen LogP contribution in [0.1, 0.15) is 44.2 Å². The Labute approximate surface area is 195 Å². The predicted molar refractivity (Wildman–Crippen MR) is 133 cm³/mol. The van der Waals surface area contributed by atoms with Gasteiger partial charge in [0.05, 0.1) is 11.8 Å². The van der Waals surface area contributed by atoms with Crippen molar-refractivity contribution in [3.05, 3.63) is 78.2 Å². The molecule has 1 aliphatic heterocycles. The van der Waals surface area contributed by atoms with Gasteiger partial charge in [-0.1, -0.05) is 48.9 Å². The summed E-state index contributed by atoms with van der Waals surface area (Å²) >= 11 is 0. The van der Waals surface area contributed by atoms with Crippen molar-refractivity contribution >= 4 is 5.65 Å². The maximum atomic E-state index is 10.4. The third-order valence-corrected chi connectivity index (χ3v) is 6.69. The third kappa shape index (κ3) is 4.85. The van der Waals surface area contributed by atoms with E-state index in [9.17, 15) is 5.11 Å². The summed E-state index contributed by atoms with van der Waals surface area (Å²) in [5.41, 5.74) is 6.33. The van der Waals surface area contributed by atoms with Crippen molar-refractivity contribution in [1.29, 1.82) is 0 Å². The number of hydrogen-bond donors (Lipinski definition) is 1. The van der Waals surface area contributed by atoms with Gasteiger partial charge in [0.15, 0.2) is 5.65 Å². The van der Waals surface area contributed by atoms with Gasteiger partial charge < -0.3 is 10.0 Å². The Balaban J connectivity index is 1.34. The van der Waals surface area contributed by atoms with Crippen molar-refractivity contribution in [2.24, 2.45) is 0 Å². The van der Waals surface area contributed by atoms with Gasteiger partial charge in [-0.05, 0) is 74.5 Å². The maximum absolute atomic E-state index is 10.4. The van der Waals surface area contributed by atoms with Gasteiger partial charge in [-0.3, -0.25) is 0 Å². The highest BCUT2D eigenvalue weighted by atomic mass is 16.3. The Bertz CT molecular complexity index is 1230. The Morgan fingerprint density at radius 1 is 0.909 bits per heavy atom. The Morgan fingerprint density at radius 2 is 1.70 bits per heavy atom. The summed E-state index contributed by atoms with van der Waals surface area (Å²) in [6.45, 7) is 7.24. The summed E-state index contributed by atoms with van der Waals surface area (Å²) in [5, 5.41) is 14.9. The molecule has 0 bridgehead atoms. The van der Waals surface area contributed by atoms with Gasteiger partial charge in [-0.15, -0.1) is 0 Å². The highest BCUT2D eigenvalue weighted by Gasteiger charge is 2.17. The second kappa shape index (κ2) is 9.08. The molecule has 1 N–H and O–H groups in total. The minimum Gasteiger partial charge on any atom is -0.386 e. The molecule has 1 saturated heterocycles. The predicted octanol–water partition coefficient (Wildman–Crippen LogP) is 5.32. The van der Waals surface area contributed by atoms with Gasteiger partial charge in [0.1, 0.15) is 0 Å². The Kier molecular flexibility index (Phi) is 6.00. The molecule has 2 aromatic heterocycles. The first-order chi connectivity index (χ1) is 16.0. The number of hydrogen-bond acceptors (Lipinski definition) is 4.